The monoisotopic (exact) mass is 231 g/mol. The van der Waals surface area contributed by atoms with Crippen LogP contribution in [-0.2, 0) is 0 Å². The summed E-state index contributed by atoms with van der Waals surface area (Å²) in [6, 6.07) is 5.45. The van der Waals surface area contributed by atoms with Crippen molar-refractivity contribution in [2.45, 2.75) is 26.3 Å². The maximum Gasteiger partial charge on any atom is 0.255 e. The Labute approximate surface area is 102 Å². The largest absolute Gasteiger partial charge is 0.496 e. The molecule has 0 spiro atoms. The predicted octanol–water partition coefficient (Wildman–Crippen LogP) is 2.15. The van der Waals surface area contributed by atoms with Crippen LogP contribution in [-0.4, -0.2) is 19.1 Å². The molecule has 3 nitrogen and oxygen atoms in total. The molecule has 1 N–H and O–H groups in total. The molecule has 0 aliphatic rings. The first-order valence-electron chi connectivity index (χ1n) is 5.47. The van der Waals surface area contributed by atoms with Crippen molar-refractivity contribution in [1.29, 1.82) is 0 Å². The normalized spacial score (nSPS) is 11.4. The summed E-state index contributed by atoms with van der Waals surface area (Å²) in [7, 11) is 1.55. The molecule has 1 unspecified atom stereocenters. The second-order valence-corrected chi connectivity index (χ2v) is 3.99. The molecule has 3 heteroatoms. The summed E-state index contributed by atoms with van der Waals surface area (Å²) in [6.07, 6.45) is 5.71. The molecule has 17 heavy (non-hydrogen) atoms. The standard InChI is InChI=1S/C14H17NO2/c1-5-6-11(3)15-14(16)12-9-10(2)7-8-13(12)17-4/h1,7-9,11H,6H2,2-4H3,(H,15,16). The highest BCUT2D eigenvalue weighted by Crippen LogP contribution is 2.19. The minimum absolute atomic E-state index is 0.0438. The Morgan fingerprint density at radius 2 is 2.29 bits per heavy atom. The molecule has 1 atom stereocenters. The Bertz CT molecular complexity index is 446. The molecular formula is C14H17NO2. The number of benzene rings is 1. The van der Waals surface area contributed by atoms with Crippen LogP contribution in [0.4, 0.5) is 0 Å². The zero-order chi connectivity index (χ0) is 12.8. The third-order valence-corrected chi connectivity index (χ3v) is 2.40. The van der Waals surface area contributed by atoms with Crippen molar-refractivity contribution in [2.24, 2.45) is 0 Å². The molecule has 1 aromatic carbocycles. The predicted molar refractivity (Wildman–Crippen MR) is 68.1 cm³/mol. The number of amides is 1. The average Bonchev–Trinajstić information content (AvgIpc) is 2.29. The van der Waals surface area contributed by atoms with Gasteiger partial charge in [0.25, 0.3) is 5.91 Å². The SMILES string of the molecule is C#CCC(C)NC(=O)c1cc(C)ccc1OC. The molecule has 1 aromatic rings. The van der Waals surface area contributed by atoms with Crippen LogP contribution in [0.2, 0.25) is 0 Å². The van der Waals surface area contributed by atoms with E-state index in [9.17, 15) is 4.79 Å². The van der Waals surface area contributed by atoms with Crippen molar-refractivity contribution in [1.82, 2.24) is 5.32 Å². The maximum atomic E-state index is 12.0. The summed E-state index contributed by atoms with van der Waals surface area (Å²) in [5, 5.41) is 2.84. The summed E-state index contributed by atoms with van der Waals surface area (Å²) in [5.74, 6) is 2.93. The van der Waals surface area contributed by atoms with Crippen LogP contribution in [0.5, 0.6) is 5.75 Å². The van der Waals surface area contributed by atoms with E-state index in [1.54, 1.807) is 19.2 Å². The number of hydrogen-bond acceptors (Lipinski definition) is 2. The van der Waals surface area contributed by atoms with Crippen molar-refractivity contribution in [3.8, 4) is 18.1 Å². The highest BCUT2D eigenvalue weighted by atomic mass is 16.5. The molecule has 1 rings (SSSR count). The molecule has 0 bridgehead atoms. The van der Waals surface area contributed by atoms with Gasteiger partial charge in [-0.2, -0.15) is 0 Å². The quantitative estimate of drug-likeness (QED) is 0.806. The summed E-state index contributed by atoms with van der Waals surface area (Å²) in [6.45, 7) is 3.81. The first kappa shape index (κ1) is 13.1. The number of rotatable bonds is 4. The van der Waals surface area contributed by atoms with Crippen LogP contribution >= 0.6 is 0 Å². The van der Waals surface area contributed by atoms with E-state index in [2.05, 4.69) is 11.2 Å². The summed E-state index contributed by atoms with van der Waals surface area (Å²) in [4.78, 5) is 12.0. The number of carbonyl (C=O) groups excluding carboxylic acids is 1. The molecule has 0 radical (unpaired) electrons. The van der Waals surface area contributed by atoms with Crippen molar-refractivity contribution in [3.63, 3.8) is 0 Å². The number of methoxy groups -OCH3 is 1. The van der Waals surface area contributed by atoms with Gasteiger partial charge in [0, 0.05) is 12.5 Å². The van der Waals surface area contributed by atoms with Gasteiger partial charge in [0.05, 0.1) is 12.7 Å². The van der Waals surface area contributed by atoms with Crippen molar-refractivity contribution in [2.75, 3.05) is 7.11 Å². The molecule has 0 saturated heterocycles. The van der Waals surface area contributed by atoms with E-state index in [1.165, 1.54) is 0 Å². The van der Waals surface area contributed by atoms with Gasteiger partial charge in [0.15, 0.2) is 0 Å². The minimum atomic E-state index is -0.159. The fourth-order valence-electron chi connectivity index (χ4n) is 1.53. The van der Waals surface area contributed by atoms with Crippen molar-refractivity contribution >= 4 is 5.91 Å². The summed E-state index contributed by atoms with van der Waals surface area (Å²) < 4.78 is 5.16. The number of terminal acetylenes is 1. The van der Waals surface area contributed by atoms with Gasteiger partial charge in [-0.15, -0.1) is 12.3 Å². The third-order valence-electron chi connectivity index (χ3n) is 2.40. The maximum absolute atomic E-state index is 12.0. The highest BCUT2D eigenvalue weighted by Gasteiger charge is 2.14. The lowest BCUT2D eigenvalue weighted by molar-refractivity contribution is 0.0937. The lowest BCUT2D eigenvalue weighted by Crippen LogP contribution is -2.32. The first-order valence-corrected chi connectivity index (χ1v) is 5.47. The van der Waals surface area contributed by atoms with Gasteiger partial charge in [-0.1, -0.05) is 11.6 Å². The van der Waals surface area contributed by atoms with Crippen LogP contribution in [0.3, 0.4) is 0 Å². The Hall–Kier alpha value is -1.95. The first-order chi connectivity index (χ1) is 8.08. The van der Waals surface area contributed by atoms with Crippen molar-refractivity contribution in [3.05, 3.63) is 29.3 Å². The number of aryl methyl sites for hydroxylation is 1. The topological polar surface area (TPSA) is 38.3 Å². The van der Waals surface area contributed by atoms with Crippen LogP contribution in [0.1, 0.15) is 29.3 Å². The van der Waals surface area contributed by atoms with Crippen molar-refractivity contribution < 1.29 is 9.53 Å². The third kappa shape index (κ3) is 3.53. The van der Waals surface area contributed by atoms with Gasteiger partial charge < -0.3 is 10.1 Å². The van der Waals surface area contributed by atoms with Crippen LogP contribution in [0.15, 0.2) is 18.2 Å². The molecular weight excluding hydrogens is 214 g/mol. The lowest BCUT2D eigenvalue weighted by Gasteiger charge is -2.13. The molecule has 0 saturated carbocycles. The van der Waals surface area contributed by atoms with Gasteiger partial charge in [-0.3, -0.25) is 4.79 Å². The van der Waals surface area contributed by atoms with E-state index < -0.39 is 0 Å². The van der Waals surface area contributed by atoms with Gasteiger partial charge >= 0.3 is 0 Å². The highest BCUT2D eigenvalue weighted by molar-refractivity contribution is 5.97. The molecule has 1 amide bonds. The Balaban J connectivity index is 2.88. The molecule has 0 aromatic heterocycles. The molecule has 90 valence electrons. The number of hydrogen-bond donors (Lipinski definition) is 1. The number of carbonyl (C=O) groups is 1. The van der Waals surface area contributed by atoms with Gasteiger partial charge in [0.1, 0.15) is 5.75 Å². The van der Waals surface area contributed by atoms with Crippen LogP contribution in [0, 0.1) is 19.3 Å². The molecule has 0 aliphatic heterocycles. The van der Waals surface area contributed by atoms with E-state index >= 15 is 0 Å². The molecule has 0 fully saturated rings. The number of ether oxygens (including phenoxy) is 1. The second-order valence-electron chi connectivity index (χ2n) is 3.99. The molecule has 0 aliphatic carbocycles. The fraction of sp³-hybridized carbons (Fsp3) is 0.357. The van der Waals surface area contributed by atoms with E-state index in [-0.39, 0.29) is 11.9 Å². The van der Waals surface area contributed by atoms with Gasteiger partial charge in [0.2, 0.25) is 0 Å². The fourth-order valence-corrected chi connectivity index (χ4v) is 1.53. The van der Waals surface area contributed by atoms with Gasteiger partial charge in [-0.05, 0) is 26.0 Å². The van der Waals surface area contributed by atoms with E-state index in [1.807, 2.05) is 19.9 Å². The van der Waals surface area contributed by atoms with E-state index in [0.717, 1.165) is 5.56 Å². The Morgan fingerprint density at radius 3 is 2.88 bits per heavy atom. The van der Waals surface area contributed by atoms with Crippen LogP contribution < -0.4 is 10.1 Å². The Morgan fingerprint density at radius 1 is 1.59 bits per heavy atom. The zero-order valence-electron chi connectivity index (χ0n) is 10.4. The minimum Gasteiger partial charge on any atom is -0.496 e. The Kier molecular flexibility index (Phi) is 4.59. The van der Waals surface area contributed by atoms with Gasteiger partial charge in [-0.25, -0.2) is 0 Å². The van der Waals surface area contributed by atoms with E-state index in [0.29, 0.717) is 17.7 Å². The summed E-state index contributed by atoms with van der Waals surface area (Å²) >= 11 is 0. The zero-order valence-corrected chi connectivity index (χ0v) is 10.4. The van der Waals surface area contributed by atoms with Crippen LogP contribution in [0.25, 0.3) is 0 Å². The summed E-state index contributed by atoms with van der Waals surface area (Å²) in [5.41, 5.74) is 1.55. The average molecular weight is 231 g/mol. The van der Waals surface area contributed by atoms with E-state index in [4.69, 9.17) is 11.2 Å². The number of nitrogens with one attached hydrogen (secondary N) is 1. The lowest BCUT2D eigenvalue weighted by atomic mass is 10.1. The molecule has 0 heterocycles. The second kappa shape index (κ2) is 5.95. The smallest absolute Gasteiger partial charge is 0.255 e.